The number of hydrogen-bond donors (Lipinski definition) is 1. The van der Waals surface area contributed by atoms with Crippen LogP contribution in [0.3, 0.4) is 0 Å². The molecule has 1 aliphatic heterocycles. The molecule has 0 saturated heterocycles. The number of anilines is 1. The van der Waals surface area contributed by atoms with Gasteiger partial charge in [-0.3, -0.25) is 10.1 Å². The van der Waals surface area contributed by atoms with Crippen LogP contribution in [0.15, 0.2) is 58.9 Å². The first-order valence-corrected chi connectivity index (χ1v) is 9.95. The molecule has 1 N–H and O–H groups in total. The molecule has 0 fully saturated rings. The lowest BCUT2D eigenvalue weighted by Crippen LogP contribution is -2.07. The Balaban J connectivity index is 1.31. The zero-order valence-electron chi connectivity index (χ0n) is 14.1. The molecule has 1 aliphatic rings. The number of rotatable bonds is 6. The number of fused-ring (bicyclic) bond motifs is 1. The molecule has 0 radical (unpaired) electrons. The smallest absolute Gasteiger partial charge is 0.250 e. The quantitative estimate of drug-likeness (QED) is 0.382. The minimum absolute atomic E-state index is 0.227. The van der Waals surface area contributed by atoms with E-state index in [9.17, 15) is 4.79 Å². The number of carbonyl (C=O) groups is 1. The van der Waals surface area contributed by atoms with Crippen molar-refractivity contribution < 1.29 is 14.3 Å². The lowest BCUT2D eigenvalue weighted by atomic mass is 10.2. The van der Waals surface area contributed by atoms with E-state index in [-0.39, 0.29) is 12.7 Å². The summed E-state index contributed by atoms with van der Waals surface area (Å²) in [5.41, 5.74) is 2.07. The summed E-state index contributed by atoms with van der Waals surface area (Å²) in [4.78, 5) is 12.1. The number of carbonyl (C=O) groups excluding carboxylic acids is 1. The van der Waals surface area contributed by atoms with Gasteiger partial charge in [0.1, 0.15) is 0 Å². The highest BCUT2D eigenvalue weighted by Gasteiger charge is 2.12. The molecule has 2 aromatic carbocycles. The molecule has 6 nitrogen and oxygen atoms in total. The van der Waals surface area contributed by atoms with Crippen LogP contribution in [0.2, 0.25) is 0 Å². The SMILES string of the molecule is O=C(C=Cc1ccc2c(c1)OCO2)Nc1nnc(SCc2ccccc2)s1. The predicted molar refractivity (Wildman–Crippen MR) is 106 cm³/mol. The Bertz CT molecular complexity index is 973. The molecule has 136 valence electrons. The van der Waals surface area contributed by atoms with Crippen LogP contribution in [0.4, 0.5) is 5.13 Å². The number of hydrogen-bond acceptors (Lipinski definition) is 7. The standard InChI is InChI=1S/C19H15N3O3S2/c23-17(9-7-13-6-8-15-16(10-13)25-12-24-15)20-18-21-22-19(27-18)26-11-14-4-2-1-3-5-14/h1-10H,11-12H2,(H,20,21,23). The van der Waals surface area contributed by atoms with Crippen LogP contribution < -0.4 is 14.8 Å². The van der Waals surface area contributed by atoms with Crippen LogP contribution in [-0.4, -0.2) is 22.9 Å². The number of nitrogens with zero attached hydrogens (tertiary/aromatic N) is 2. The first-order chi connectivity index (χ1) is 13.3. The fraction of sp³-hybridized carbons (Fsp3) is 0.105. The van der Waals surface area contributed by atoms with Gasteiger partial charge in [0.05, 0.1) is 0 Å². The molecule has 1 amide bonds. The van der Waals surface area contributed by atoms with Gasteiger partial charge in [0.2, 0.25) is 17.8 Å². The molecule has 0 spiro atoms. The maximum absolute atomic E-state index is 12.1. The van der Waals surface area contributed by atoms with Crippen LogP contribution in [-0.2, 0) is 10.5 Å². The third kappa shape index (κ3) is 4.66. The minimum Gasteiger partial charge on any atom is -0.454 e. The highest BCUT2D eigenvalue weighted by atomic mass is 32.2. The van der Waals surface area contributed by atoms with Gasteiger partial charge >= 0.3 is 0 Å². The third-order valence-electron chi connectivity index (χ3n) is 3.67. The molecule has 0 bridgehead atoms. The molecule has 4 rings (SSSR count). The summed E-state index contributed by atoms with van der Waals surface area (Å²) < 4.78 is 11.4. The minimum atomic E-state index is -0.261. The van der Waals surface area contributed by atoms with Gasteiger partial charge in [-0.2, -0.15) is 0 Å². The summed E-state index contributed by atoms with van der Waals surface area (Å²) in [6.07, 6.45) is 3.17. The molecule has 27 heavy (non-hydrogen) atoms. The van der Waals surface area contributed by atoms with Gasteiger partial charge in [-0.05, 0) is 29.3 Å². The third-order valence-corrected chi connectivity index (χ3v) is 5.71. The number of amides is 1. The topological polar surface area (TPSA) is 73.3 Å². The van der Waals surface area contributed by atoms with E-state index in [2.05, 4.69) is 27.6 Å². The van der Waals surface area contributed by atoms with E-state index in [1.807, 2.05) is 36.4 Å². The summed E-state index contributed by atoms with van der Waals surface area (Å²) in [5.74, 6) is 1.95. The van der Waals surface area contributed by atoms with Crippen molar-refractivity contribution in [3.63, 3.8) is 0 Å². The van der Waals surface area contributed by atoms with Crippen LogP contribution in [0.5, 0.6) is 11.5 Å². The van der Waals surface area contributed by atoms with E-state index < -0.39 is 0 Å². The van der Waals surface area contributed by atoms with Crippen molar-refractivity contribution in [1.29, 1.82) is 0 Å². The molecular weight excluding hydrogens is 382 g/mol. The predicted octanol–water partition coefficient (Wildman–Crippen LogP) is 4.21. The number of ether oxygens (including phenoxy) is 2. The summed E-state index contributed by atoms with van der Waals surface area (Å²) in [7, 11) is 0. The van der Waals surface area contributed by atoms with E-state index in [1.165, 1.54) is 23.0 Å². The highest BCUT2D eigenvalue weighted by Crippen LogP contribution is 2.33. The van der Waals surface area contributed by atoms with Gasteiger partial charge in [0, 0.05) is 11.8 Å². The van der Waals surface area contributed by atoms with E-state index in [0.717, 1.165) is 15.7 Å². The van der Waals surface area contributed by atoms with Gasteiger partial charge in [-0.25, -0.2) is 0 Å². The van der Waals surface area contributed by atoms with Crippen LogP contribution in [0.25, 0.3) is 6.08 Å². The number of thioether (sulfide) groups is 1. The summed E-state index contributed by atoms with van der Waals surface area (Å²) >= 11 is 2.95. The maximum Gasteiger partial charge on any atom is 0.250 e. The maximum atomic E-state index is 12.1. The van der Waals surface area contributed by atoms with Gasteiger partial charge in [-0.15, -0.1) is 10.2 Å². The van der Waals surface area contributed by atoms with Crippen molar-refractivity contribution in [1.82, 2.24) is 10.2 Å². The molecule has 1 aromatic heterocycles. The second-order valence-electron chi connectivity index (χ2n) is 5.58. The van der Waals surface area contributed by atoms with Crippen LogP contribution in [0, 0.1) is 0 Å². The molecule has 2 heterocycles. The highest BCUT2D eigenvalue weighted by molar-refractivity contribution is 8.00. The summed E-state index contributed by atoms with van der Waals surface area (Å²) in [6.45, 7) is 0.227. The Morgan fingerprint density at radius 1 is 1.15 bits per heavy atom. The summed E-state index contributed by atoms with van der Waals surface area (Å²) in [5, 5.41) is 11.3. The lowest BCUT2D eigenvalue weighted by molar-refractivity contribution is -0.111. The average Bonchev–Trinajstić information content (AvgIpc) is 3.34. The summed E-state index contributed by atoms with van der Waals surface area (Å²) in [6, 6.07) is 15.7. The molecular formula is C19H15N3O3S2. The largest absolute Gasteiger partial charge is 0.454 e. The van der Waals surface area contributed by atoms with E-state index >= 15 is 0 Å². The Hall–Kier alpha value is -2.84. The van der Waals surface area contributed by atoms with E-state index in [1.54, 1.807) is 17.8 Å². The second-order valence-corrected chi connectivity index (χ2v) is 7.78. The van der Waals surface area contributed by atoms with Crippen molar-refractivity contribution in [2.45, 2.75) is 10.1 Å². The van der Waals surface area contributed by atoms with Gasteiger partial charge in [0.25, 0.3) is 0 Å². The fourth-order valence-corrected chi connectivity index (χ4v) is 4.08. The van der Waals surface area contributed by atoms with Gasteiger partial charge in [0.15, 0.2) is 15.8 Å². The number of benzene rings is 2. The normalized spacial score (nSPS) is 12.4. The monoisotopic (exact) mass is 397 g/mol. The zero-order chi connectivity index (χ0) is 18.5. The molecule has 0 saturated carbocycles. The first kappa shape index (κ1) is 17.6. The van der Waals surface area contributed by atoms with Crippen molar-refractivity contribution >= 4 is 40.2 Å². The van der Waals surface area contributed by atoms with E-state index in [0.29, 0.717) is 16.6 Å². The van der Waals surface area contributed by atoms with Gasteiger partial charge < -0.3 is 9.47 Å². The number of nitrogens with one attached hydrogen (secondary N) is 1. The van der Waals surface area contributed by atoms with Gasteiger partial charge in [-0.1, -0.05) is 59.5 Å². The first-order valence-electron chi connectivity index (χ1n) is 8.15. The molecule has 8 heteroatoms. The van der Waals surface area contributed by atoms with Crippen LogP contribution >= 0.6 is 23.1 Å². The molecule has 0 aliphatic carbocycles. The van der Waals surface area contributed by atoms with Crippen molar-refractivity contribution in [3.8, 4) is 11.5 Å². The Labute approximate surface area is 164 Å². The van der Waals surface area contributed by atoms with Crippen molar-refractivity contribution in [2.75, 3.05) is 12.1 Å². The lowest BCUT2D eigenvalue weighted by Gasteiger charge is -1.98. The number of aromatic nitrogens is 2. The average molecular weight is 397 g/mol. The second kappa shape index (κ2) is 8.24. The van der Waals surface area contributed by atoms with Crippen molar-refractivity contribution in [3.05, 3.63) is 65.7 Å². The van der Waals surface area contributed by atoms with Crippen molar-refractivity contribution in [2.24, 2.45) is 0 Å². The van der Waals surface area contributed by atoms with Crippen LogP contribution in [0.1, 0.15) is 11.1 Å². The Morgan fingerprint density at radius 3 is 2.89 bits per heavy atom. The molecule has 0 atom stereocenters. The Kier molecular flexibility index (Phi) is 5.36. The molecule has 0 unspecified atom stereocenters. The molecule has 3 aromatic rings. The zero-order valence-corrected chi connectivity index (χ0v) is 15.8. The van der Waals surface area contributed by atoms with E-state index in [4.69, 9.17) is 9.47 Å². The Morgan fingerprint density at radius 2 is 2.00 bits per heavy atom. The fourth-order valence-electron chi connectivity index (χ4n) is 2.37.